The monoisotopic (exact) mass is 290 g/mol. The summed E-state index contributed by atoms with van der Waals surface area (Å²) >= 11 is 0. The van der Waals surface area contributed by atoms with Gasteiger partial charge >= 0.3 is 0 Å². The summed E-state index contributed by atoms with van der Waals surface area (Å²) in [4.78, 5) is 1.06. The second-order valence-corrected chi connectivity index (χ2v) is 6.63. The van der Waals surface area contributed by atoms with Crippen LogP contribution < -0.4 is 4.72 Å². The van der Waals surface area contributed by atoms with Gasteiger partial charge in [-0.1, -0.05) is 13.0 Å². The van der Waals surface area contributed by atoms with Gasteiger partial charge in [0.2, 0.25) is 10.0 Å². The molecule has 4 nitrogen and oxygen atoms in total. The van der Waals surface area contributed by atoms with Crippen molar-refractivity contribution in [2.24, 2.45) is 5.92 Å². The van der Waals surface area contributed by atoms with Crippen molar-refractivity contribution in [1.29, 1.82) is 0 Å². The van der Waals surface area contributed by atoms with Crippen LogP contribution in [0.1, 0.15) is 6.92 Å². The van der Waals surface area contributed by atoms with Gasteiger partial charge in [-0.2, -0.15) is 0 Å². The summed E-state index contributed by atoms with van der Waals surface area (Å²) in [6.45, 7) is 3.16. The number of hydrogen-bond acceptors (Lipinski definition) is 3. The highest BCUT2D eigenvalue weighted by Crippen LogP contribution is 2.21. The molecule has 1 aromatic rings. The van der Waals surface area contributed by atoms with Crippen LogP contribution in [0.4, 0.5) is 8.78 Å². The second-order valence-electron chi connectivity index (χ2n) is 4.98. The van der Waals surface area contributed by atoms with E-state index in [-0.39, 0.29) is 12.0 Å². The van der Waals surface area contributed by atoms with Crippen LogP contribution in [0.5, 0.6) is 0 Å². The van der Waals surface area contributed by atoms with Crippen LogP contribution in [0, 0.1) is 17.6 Å². The molecule has 106 valence electrons. The lowest BCUT2D eigenvalue weighted by molar-refractivity contribution is 0.400. The number of halogens is 2. The van der Waals surface area contributed by atoms with E-state index in [2.05, 4.69) is 4.72 Å². The van der Waals surface area contributed by atoms with Crippen molar-refractivity contribution < 1.29 is 17.2 Å². The van der Waals surface area contributed by atoms with E-state index in [9.17, 15) is 17.2 Å². The molecule has 0 bridgehead atoms. The lowest BCUT2D eigenvalue weighted by Crippen LogP contribution is -2.40. The number of likely N-dealkylation sites (N-methyl/N-ethyl adjacent to an activating group) is 1. The predicted molar refractivity (Wildman–Crippen MR) is 67.1 cm³/mol. The maximum Gasteiger partial charge on any atom is 0.246 e. The number of sulfonamides is 1. The molecule has 0 aromatic heterocycles. The molecular weight excluding hydrogens is 274 g/mol. The molecular formula is C12H16F2N2O2S. The first-order valence-electron chi connectivity index (χ1n) is 5.96. The molecule has 1 heterocycles. The van der Waals surface area contributed by atoms with Crippen molar-refractivity contribution in [3.8, 4) is 0 Å². The molecule has 1 aromatic carbocycles. The summed E-state index contributed by atoms with van der Waals surface area (Å²) in [6, 6.07) is 2.66. The first-order valence-corrected chi connectivity index (χ1v) is 7.44. The fourth-order valence-corrected chi connectivity index (χ4v) is 3.83. The van der Waals surface area contributed by atoms with Gasteiger partial charge in [0, 0.05) is 19.1 Å². The molecule has 1 aliphatic rings. The summed E-state index contributed by atoms with van der Waals surface area (Å²) in [5.74, 6) is -2.06. The average Bonchev–Trinajstić information content (AvgIpc) is 2.55. The van der Waals surface area contributed by atoms with Gasteiger partial charge in [-0.15, -0.1) is 0 Å². The topological polar surface area (TPSA) is 49.4 Å². The molecule has 19 heavy (non-hydrogen) atoms. The maximum atomic E-state index is 13.5. The van der Waals surface area contributed by atoms with E-state index in [1.807, 2.05) is 18.9 Å². The van der Waals surface area contributed by atoms with E-state index in [1.165, 1.54) is 0 Å². The van der Waals surface area contributed by atoms with Crippen LogP contribution in [0.25, 0.3) is 0 Å². The van der Waals surface area contributed by atoms with E-state index in [0.29, 0.717) is 6.54 Å². The zero-order valence-electron chi connectivity index (χ0n) is 10.7. The third kappa shape index (κ3) is 2.93. The van der Waals surface area contributed by atoms with Crippen molar-refractivity contribution >= 4 is 10.0 Å². The maximum absolute atomic E-state index is 13.5. The Labute approximate surface area is 111 Å². The van der Waals surface area contributed by atoms with Gasteiger partial charge in [-0.3, -0.25) is 0 Å². The summed E-state index contributed by atoms with van der Waals surface area (Å²) in [6.07, 6.45) is 0. The molecule has 0 saturated carbocycles. The number of likely N-dealkylation sites (tertiary alicyclic amines) is 1. The molecule has 1 N–H and O–H groups in total. The van der Waals surface area contributed by atoms with E-state index >= 15 is 0 Å². The average molecular weight is 290 g/mol. The second kappa shape index (κ2) is 5.15. The van der Waals surface area contributed by atoms with Gasteiger partial charge in [0.15, 0.2) is 4.90 Å². The van der Waals surface area contributed by atoms with Crippen LogP contribution in [0.2, 0.25) is 0 Å². The summed E-state index contributed by atoms with van der Waals surface area (Å²) < 4.78 is 53.6. The quantitative estimate of drug-likeness (QED) is 0.910. The third-order valence-electron chi connectivity index (χ3n) is 3.29. The molecule has 7 heteroatoms. The minimum absolute atomic E-state index is 0.0922. The van der Waals surface area contributed by atoms with E-state index in [4.69, 9.17) is 0 Å². The predicted octanol–water partition coefficient (Wildman–Crippen LogP) is 1.19. The number of nitrogens with zero attached hydrogens (tertiary/aromatic N) is 1. The summed E-state index contributed by atoms with van der Waals surface area (Å²) in [5.41, 5.74) is 0. The van der Waals surface area contributed by atoms with Crippen LogP contribution >= 0.6 is 0 Å². The fraction of sp³-hybridized carbons (Fsp3) is 0.500. The molecule has 0 spiro atoms. The molecule has 0 aliphatic carbocycles. The molecule has 2 rings (SSSR count). The summed E-state index contributed by atoms with van der Waals surface area (Å²) in [7, 11) is -2.32. The minimum atomic E-state index is -4.19. The van der Waals surface area contributed by atoms with Crippen molar-refractivity contribution in [3.05, 3.63) is 29.8 Å². The van der Waals surface area contributed by atoms with E-state index in [0.717, 1.165) is 24.7 Å². The highest BCUT2D eigenvalue weighted by atomic mass is 32.2. The first kappa shape index (κ1) is 14.4. The van der Waals surface area contributed by atoms with Gasteiger partial charge in [0.25, 0.3) is 0 Å². The zero-order valence-corrected chi connectivity index (χ0v) is 11.5. The van der Waals surface area contributed by atoms with Gasteiger partial charge in [0.05, 0.1) is 0 Å². The molecule has 1 fully saturated rings. The molecule has 0 radical (unpaired) electrons. The van der Waals surface area contributed by atoms with Crippen LogP contribution in [-0.4, -0.2) is 39.5 Å². The molecule has 2 atom stereocenters. The minimum Gasteiger partial charge on any atom is -0.304 e. The largest absolute Gasteiger partial charge is 0.304 e. The van der Waals surface area contributed by atoms with Crippen LogP contribution in [-0.2, 0) is 10.0 Å². The lowest BCUT2D eigenvalue weighted by Gasteiger charge is -2.17. The van der Waals surface area contributed by atoms with E-state index < -0.39 is 26.6 Å². The van der Waals surface area contributed by atoms with Gasteiger partial charge in [-0.25, -0.2) is 21.9 Å². The molecule has 1 saturated heterocycles. The zero-order chi connectivity index (χ0) is 14.2. The SMILES string of the molecule is CC1CN(C)CC1NS(=O)(=O)c1c(F)cccc1F. The first-order chi connectivity index (χ1) is 8.81. The lowest BCUT2D eigenvalue weighted by atomic mass is 10.1. The Morgan fingerprint density at radius 1 is 1.26 bits per heavy atom. The highest BCUT2D eigenvalue weighted by molar-refractivity contribution is 7.89. The number of rotatable bonds is 3. The molecule has 0 amide bonds. The Hall–Kier alpha value is -1.05. The fourth-order valence-electron chi connectivity index (χ4n) is 2.36. The standard InChI is InChI=1S/C12H16F2N2O2S/c1-8-6-16(2)7-11(8)15-19(17,18)12-9(13)4-3-5-10(12)14/h3-5,8,11,15H,6-7H2,1-2H3. The van der Waals surface area contributed by atoms with E-state index in [1.54, 1.807) is 0 Å². The van der Waals surface area contributed by atoms with Crippen molar-refractivity contribution in [3.63, 3.8) is 0 Å². The Bertz CT molecular complexity index is 557. The summed E-state index contributed by atoms with van der Waals surface area (Å²) in [5, 5.41) is 0. The normalized spacial score (nSPS) is 24.8. The molecule has 2 unspecified atom stereocenters. The van der Waals surface area contributed by atoms with Gasteiger partial charge in [-0.05, 0) is 25.1 Å². The number of hydrogen-bond donors (Lipinski definition) is 1. The van der Waals surface area contributed by atoms with Gasteiger partial charge < -0.3 is 4.90 Å². The van der Waals surface area contributed by atoms with Crippen molar-refractivity contribution in [2.75, 3.05) is 20.1 Å². The van der Waals surface area contributed by atoms with Crippen molar-refractivity contribution in [2.45, 2.75) is 17.9 Å². The Morgan fingerprint density at radius 3 is 2.32 bits per heavy atom. The van der Waals surface area contributed by atoms with Crippen LogP contribution in [0.15, 0.2) is 23.1 Å². The Balaban J connectivity index is 2.29. The van der Waals surface area contributed by atoms with Gasteiger partial charge in [0.1, 0.15) is 11.6 Å². The Kier molecular flexibility index (Phi) is 3.89. The number of nitrogens with one attached hydrogen (secondary N) is 1. The Morgan fingerprint density at radius 2 is 1.84 bits per heavy atom. The van der Waals surface area contributed by atoms with Crippen LogP contribution in [0.3, 0.4) is 0 Å². The smallest absolute Gasteiger partial charge is 0.246 e. The highest BCUT2D eigenvalue weighted by Gasteiger charge is 2.33. The number of benzene rings is 1. The molecule has 1 aliphatic heterocycles. The third-order valence-corrected chi connectivity index (χ3v) is 4.83. The van der Waals surface area contributed by atoms with Crippen molar-refractivity contribution in [1.82, 2.24) is 9.62 Å².